The lowest BCUT2D eigenvalue weighted by molar-refractivity contribution is 0.423. The van der Waals surface area contributed by atoms with Gasteiger partial charge in [-0.3, -0.25) is 4.99 Å². The van der Waals surface area contributed by atoms with Gasteiger partial charge in [-0.25, -0.2) is 9.37 Å². The lowest BCUT2D eigenvalue weighted by Gasteiger charge is -2.27. The number of anilines is 2. The average Bonchev–Trinajstić information content (AvgIpc) is 2.71. The van der Waals surface area contributed by atoms with Gasteiger partial charge in [-0.1, -0.05) is 53.7 Å². The molecule has 0 aliphatic carbocycles. The highest BCUT2D eigenvalue weighted by molar-refractivity contribution is 5.85. The summed E-state index contributed by atoms with van der Waals surface area (Å²) < 4.78 is 13.0. The highest BCUT2D eigenvalue weighted by atomic mass is 19.1. The number of aromatic nitrogens is 1. The topological polar surface area (TPSA) is 83.5 Å². The van der Waals surface area contributed by atoms with Gasteiger partial charge in [-0.05, 0) is 58.4 Å². The number of halogens is 1. The summed E-state index contributed by atoms with van der Waals surface area (Å²) in [6.07, 6.45) is 1.75. The number of nitrogen functional groups attached to an aromatic ring is 1. The molecule has 4 N–H and O–H groups in total. The molecular weight excluding hydrogens is 415 g/mol. The Labute approximate surface area is 195 Å². The summed E-state index contributed by atoms with van der Waals surface area (Å²) in [5, 5.41) is 14.1. The number of hydrogen-bond donors (Lipinski definition) is 3. The van der Waals surface area contributed by atoms with Crippen LogP contribution in [0.4, 0.5) is 21.7 Å². The van der Waals surface area contributed by atoms with Crippen molar-refractivity contribution < 1.29 is 9.50 Å². The third-order valence-electron chi connectivity index (χ3n) is 5.39. The number of rotatable bonds is 5. The summed E-state index contributed by atoms with van der Waals surface area (Å²) >= 11 is 0. The molecule has 0 bridgehead atoms. The van der Waals surface area contributed by atoms with Gasteiger partial charge in [0.05, 0.1) is 0 Å². The van der Waals surface area contributed by atoms with Crippen molar-refractivity contribution in [3.63, 3.8) is 0 Å². The molecule has 0 aliphatic rings. The Balaban J connectivity index is 1.83. The van der Waals surface area contributed by atoms with Crippen LogP contribution in [0.15, 0.2) is 53.5 Å². The standard InChI is InChI=1S/C27H33FN4O/c1-26(2,3)20-13-18(14-21(24(20)33)27(4,5)6)16-30-22-11-12-23(32-25(22)29)31-15-17-7-9-19(28)10-8-17/h7-14,16,33H,15H2,1-6H3,(H3,29,31,32). The van der Waals surface area contributed by atoms with Crippen LogP contribution in [0.25, 0.3) is 0 Å². The van der Waals surface area contributed by atoms with Crippen molar-refractivity contribution in [2.45, 2.75) is 58.9 Å². The SMILES string of the molecule is CC(C)(C)c1cc(C=Nc2ccc(NCc3ccc(F)cc3)nc2N)cc(C(C)(C)C)c1O. The van der Waals surface area contributed by atoms with Crippen LogP contribution in [0.5, 0.6) is 5.75 Å². The normalized spacial score (nSPS) is 12.3. The molecule has 0 unspecified atom stereocenters. The molecule has 1 aromatic heterocycles. The van der Waals surface area contributed by atoms with Crippen LogP contribution < -0.4 is 11.1 Å². The predicted octanol–water partition coefficient (Wildman–Crippen LogP) is 6.47. The van der Waals surface area contributed by atoms with Gasteiger partial charge in [0.25, 0.3) is 0 Å². The van der Waals surface area contributed by atoms with Gasteiger partial charge in [-0.15, -0.1) is 0 Å². The molecular formula is C27H33FN4O. The van der Waals surface area contributed by atoms with Gasteiger partial charge < -0.3 is 16.2 Å². The van der Waals surface area contributed by atoms with Gasteiger partial charge in [0.15, 0.2) is 5.82 Å². The fourth-order valence-electron chi connectivity index (χ4n) is 3.49. The molecule has 0 aliphatic heterocycles. The molecule has 174 valence electrons. The first-order chi connectivity index (χ1) is 15.3. The lowest BCUT2D eigenvalue weighted by atomic mass is 9.78. The third-order valence-corrected chi connectivity index (χ3v) is 5.39. The molecule has 0 amide bonds. The fraction of sp³-hybridized carbons (Fsp3) is 0.333. The first-order valence-corrected chi connectivity index (χ1v) is 11.0. The quantitative estimate of drug-likeness (QED) is 0.391. The van der Waals surface area contributed by atoms with Crippen LogP contribution in [0.2, 0.25) is 0 Å². The van der Waals surface area contributed by atoms with E-state index in [1.165, 1.54) is 12.1 Å². The molecule has 3 rings (SSSR count). The van der Waals surface area contributed by atoms with Crippen LogP contribution in [-0.4, -0.2) is 16.3 Å². The van der Waals surface area contributed by atoms with E-state index < -0.39 is 0 Å². The van der Waals surface area contributed by atoms with E-state index in [0.29, 0.717) is 29.6 Å². The summed E-state index contributed by atoms with van der Waals surface area (Å²) in [5.74, 6) is 0.998. The minimum atomic E-state index is -0.263. The Morgan fingerprint density at radius 1 is 0.970 bits per heavy atom. The van der Waals surface area contributed by atoms with Gasteiger partial charge in [0.2, 0.25) is 0 Å². The van der Waals surface area contributed by atoms with E-state index in [1.807, 2.05) is 24.3 Å². The zero-order valence-corrected chi connectivity index (χ0v) is 20.2. The number of aromatic hydroxyl groups is 1. The molecule has 0 radical (unpaired) electrons. The highest BCUT2D eigenvalue weighted by Crippen LogP contribution is 2.39. The number of nitrogens with two attached hydrogens (primary N) is 1. The van der Waals surface area contributed by atoms with E-state index in [0.717, 1.165) is 22.3 Å². The van der Waals surface area contributed by atoms with E-state index in [9.17, 15) is 9.50 Å². The van der Waals surface area contributed by atoms with Crippen LogP contribution in [-0.2, 0) is 17.4 Å². The number of nitrogens with one attached hydrogen (secondary N) is 1. The maximum absolute atomic E-state index is 13.0. The number of nitrogens with zero attached hydrogens (tertiary/aromatic N) is 2. The fourth-order valence-corrected chi connectivity index (χ4v) is 3.49. The van der Waals surface area contributed by atoms with Crippen LogP contribution in [0.3, 0.4) is 0 Å². The van der Waals surface area contributed by atoms with Crippen molar-refractivity contribution in [2.75, 3.05) is 11.1 Å². The first-order valence-electron chi connectivity index (χ1n) is 11.0. The second kappa shape index (κ2) is 9.22. The Kier molecular flexibility index (Phi) is 6.77. The second-order valence-corrected chi connectivity index (χ2v) is 10.3. The number of pyridine rings is 1. The van der Waals surface area contributed by atoms with Gasteiger partial charge in [0.1, 0.15) is 23.1 Å². The smallest absolute Gasteiger partial charge is 0.151 e. The monoisotopic (exact) mass is 448 g/mol. The van der Waals surface area contributed by atoms with Crippen LogP contribution in [0.1, 0.15) is 63.8 Å². The van der Waals surface area contributed by atoms with Gasteiger partial charge in [-0.2, -0.15) is 0 Å². The molecule has 0 spiro atoms. The van der Waals surface area contributed by atoms with Crippen molar-refractivity contribution in [1.82, 2.24) is 4.98 Å². The zero-order chi connectivity index (χ0) is 24.4. The van der Waals surface area contributed by atoms with Crippen LogP contribution >= 0.6 is 0 Å². The maximum Gasteiger partial charge on any atom is 0.151 e. The molecule has 6 heteroatoms. The first kappa shape index (κ1) is 24.2. The molecule has 33 heavy (non-hydrogen) atoms. The largest absolute Gasteiger partial charge is 0.507 e. The lowest BCUT2D eigenvalue weighted by Crippen LogP contribution is -2.17. The van der Waals surface area contributed by atoms with Gasteiger partial charge >= 0.3 is 0 Å². The van der Waals surface area contributed by atoms with E-state index in [2.05, 4.69) is 56.8 Å². The minimum Gasteiger partial charge on any atom is -0.507 e. The molecule has 3 aromatic rings. The Hall–Kier alpha value is -3.41. The maximum atomic E-state index is 13.0. The molecule has 0 saturated carbocycles. The average molecular weight is 449 g/mol. The summed E-state index contributed by atoms with van der Waals surface area (Å²) in [4.78, 5) is 8.94. The van der Waals surface area contributed by atoms with Crippen molar-refractivity contribution in [3.05, 3.63) is 76.6 Å². The van der Waals surface area contributed by atoms with E-state index in [4.69, 9.17) is 5.73 Å². The summed E-state index contributed by atoms with van der Waals surface area (Å²) in [5.41, 5.74) is 9.86. The number of aliphatic imine (C=N–C) groups is 1. The number of phenolic OH excluding ortho intramolecular Hbond substituents is 1. The van der Waals surface area contributed by atoms with Gasteiger partial charge in [0, 0.05) is 23.9 Å². The molecule has 2 aromatic carbocycles. The van der Waals surface area contributed by atoms with Crippen molar-refractivity contribution in [2.24, 2.45) is 4.99 Å². The minimum absolute atomic E-state index is 0.216. The number of benzene rings is 2. The molecule has 0 fully saturated rings. The summed E-state index contributed by atoms with van der Waals surface area (Å²) in [7, 11) is 0. The van der Waals surface area contributed by atoms with Crippen molar-refractivity contribution >= 4 is 23.5 Å². The Morgan fingerprint density at radius 3 is 2.06 bits per heavy atom. The van der Waals surface area contributed by atoms with Crippen molar-refractivity contribution in [3.8, 4) is 5.75 Å². The summed E-state index contributed by atoms with van der Waals surface area (Å²) in [6.45, 7) is 13.0. The number of phenols is 1. The van der Waals surface area contributed by atoms with E-state index >= 15 is 0 Å². The molecule has 0 atom stereocenters. The molecule has 0 saturated heterocycles. The van der Waals surface area contributed by atoms with E-state index in [-0.39, 0.29) is 16.6 Å². The third kappa shape index (κ3) is 6.09. The van der Waals surface area contributed by atoms with E-state index in [1.54, 1.807) is 18.3 Å². The number of hydrogen-bond acceptors (Lipinski definition) is 5. The zero-order valence-electron chi connectivity index (χ0n) is 20.2. The molecule has 1 heterocycles. The Morgan fingerprint density at radius 2 is 1.55 bits per heavy atom. The predicted molar refractivity (Wildman–Crippen MR) is 135 cm³/mol. The van der Waals surface area contributed by atoms with Crippen LogP contribution in [0, 0.1) is 5.82 Å². The van der Waals surface area contributed by atoms with Crippen molar-refractivity contribution in [1.29, 1.82) is 0 Å². The second-order valence-electron chi connectivity index (χ2n) is 10.3. The summed E-state index contributed by atoms with van der Waals surface area (Å²) in [6, 6.07) is 13.9. The Bertz CT molecular complexity index is 1120. The highest BCUT2D eigenvalue weighted by Gasteiger charge is 2.26. The molecule has 5 nitrogen and oxygen atoms in total.